The summed E-state index contributed by atoms with van der Waals surface area (Å²) in [4.78, 5) is 28.1. The van der Waals surface area contributed by atoms with E-state index >= 15 is 0 Å². The van der Waals surface area contributed by atoms with E-state index in [2.05, 4.69) is 9.26 Å². The third-order valence-corrected chi connectivity index (χ3v) is 3.14. The normalized spacial score (nSPS) is 36.2. The molecule has 1 fully saturated rings. The molecule has 0 radical (unpaired) electrons. The van der Waals surface area contributed by atoms with Gasteiger partial charge in [-0.25, -0.2) is 9.36 Å². The van der Waals surface area contributed by atoms with E-state index in [4.69, 9.17) is 19.6 Å². The predicted molar refractivity (Wildman–Crippen MR) is 56.9 cm³/mol. The van der Waals surface area contributed by atoms with Crippen molar-refractivity contribution >= 4 is 13.8 Å². The van der Waals surface area contributed by atoms with Crippen LogP contribution < -0.4 is 0 Å². The van der Waals surface area contributed by atoms with Gasteiger partial charge in [-0.3, -0.25) is 4.52 Å². The van der Waals surface area contributed by atoms with E-state index in [1.165, 1.54) is 0 Å². The Bertz CT molecular complexity index is 380. The fourth-order valence-corrected chi connectivity index (χ4v) is 2.01. The average Bonchev–Trinajstić information content (AvgIpc) is 2.29. The molecule has 1 saturated heterocycles. The monoisotopic (exact) mass is 302 g/mol. The van der Waals surface area contributed by atoms with Crippen LogP contribution in [0.5, 0.6) is 0 Å². The minimum absolute atomic E-state index is 0.535. The first kappa shape index (κ1) is 16.5. The van der Waals surface area contributed by atoms with E-state index in [0.29, 0.717) is 0 Å². The second-order valence-corrected chi connectivity index (χ2v) is 5.21. The Morgan fingerprint density at radius 1 is 1.47 bits per heavy atom. The summed E-state index contributed by atoms with van der Waals surface area (Å²) in [5.74, 6) is -3.75. The number of carboxylic acid groups (broad SMARTS) is 1. The van der Waals surface area contributed by atoms with Gasteiger partial charge in [-0.15, -0.1) is 0 Å². The summed E-state index contributed by atoms with van der Waals surface area (Å²) >= 11 is 0. The van der Waals surface area contributed by atoms with Crippen molar-refractivity contribution in [3.8, 4) is 0 Å². The molecule has 19 heavy (non-hydrogen) atoms. The molecule has 0 bridgehead atoms. The fraction of sp³-hybridized carbons (Fsp3) is 0.875. The molecule has 0 aliphatic carbocycles. The standard InChI is InChI=1S/C8H15O10P/c1-16-8(7(11)12)2-4(9)6(10)5(18-8)3-17-19(13,14)15/h4-6,9-10H,2-3H2,1H3,(H,11,12)(H2,13,14,15)/t4-,5-,6+,8?/m1/s1. The van der Waals surface area contributed by atoms with Crippen molar-refractivity contribution in [1.82, 2.24) is 0 Å². The van der Waals surface area contributed by atoms with Crippen LogP contribution in [0.4, 0.5) is 0 Å². The molecule has 0 saturated carbocycles. The number of aliphatic hydroxyl groups excluding tert-OH is 2. The van der Waals surface area contributed by atoms with Gasteiger partial charge in [0.25, 0.3) is 5.79 Å². The summed E-state index contributed by atoms with van der Waals surface area (Å²) in [6.45, 7) is -0.805. The van der Waals surface area contributed by atoms with Gasteiger partial charge in [0.15, 0.2) is 0 Å². The first-order valence-corrected chi connectivity index (χ1v) is 6.67. The van der Waals surface area contributed by atoms with Gasteiger partial charge in [-0.05, 0) is 0 Å². The third kappa shape index (κ3) is 3.94. The zero-order chi connectivity index (χ0) is 14.8. The van der Waals surface area contributed by atoms with Crippen LogP contribution in [-0.2, 0) is 23.4 Å². The molecule has 0 spiro atoms. The molecule has 4 atom stereocenters. The zero-order valence-electron chi connectivity index (χ0n) is 9.87. The third-order valence-electron chi connectivity index (χ3n) is 2.66. The van der Waals surface area contributed by atoms with Crippen LogP contribution in [-0.4, -0.2) is 68.9 Å². The summed E-state index contributed by atoms with van der Waals surface area (Å²) < 4.78 is 24.3. The summed E-state index contributed by atoms with van der Waals surface area (Å²) in [6, 6.07) is 0. The molecule has 0 aromatic heterocycles. The van der Waals surface area contributed by atoms with Crippen LogP contribution in [0.3, 0.4) is 0 Å². The first-order chi connectivity index (χ1) is 8.61. The maximum absolute atomic E-state index is 11.1. The van der Waals surface area contributed by atoms with Gasteiger partial charge in [0.1, 0.15) is 12.2 Å². The van der Waals surface area contributed by atoms with Gasteiger partial charge in [-0.2, -0.15) is 0 Å². The molecule has 112 valence electrons. The van der Waals surface area contributed by atoms with Gasteiger partial charge >= 0.3 is 13.8 Å². The minimum atomic E-state index is -4.81. The lowest BCUT2D eigenvalue weighted by molar-refractivity contribution is -0.306. The lowest BCUT2D eigenvalue weighted by Crippen LogP contribution is -2.60. The number of ether oxygens (including phenoxy) is 2. The summed E-state index contributed by atoms with van der Waals surface area (Å²) in [5, 5.41) is 28.2. The number of carboxylic acids is 1. The maximum Gasteiger partial charge on any atom is 0.469 e. The van der Waals surface area contributed by atoms with Gasteiger partial charge in [0.2, 0.25) is 0 Å². The number of aliphatic hydroxyl groups is 2. The van der Waals surface area contributed by atoms with E-state index in [9.17, 15) is 19.6 Å². The molecular formula is C8H15O10P. The average molecular weight is 302 g/mol. The molecule has 0 amide bonds. The number of aliphatic carboxylic acids is 1. The Hall–Kier alpha value is -0.580. The molecular weight excluding hydrogens is 287 g/mol. The highest BCUT2D eigenvalue weighted by Crippen LogP contribution is 2.38. The Labute approximate surface area is 107 Å². The number of phosphoric ester groups is 1. The number of hydrogen-bond donors (Lipinski definition) is 5. The highest BCUT2D eigenvalue weighted by molar-refractivity contribution is 7.46. The molecule has 5 N–H and O–H groups in total. The second kappa shape index (κ2) is 5.81. The molecule has 1 rings (SSSR count). The van der Waals surface area contributed by atoms with Crippen LogP contribution in [0.15, 0.2) is 0 Å². The first-order valence-electron chi connectivity index (χ1n) is 5.14. The number of hydrogen-bond acceptors (Lipinski definition) is 7. The van der Waals surface area contributed by atoms with Crippen LogP contribution in [0, 0.1) is 0 Å². The van der Waals surface area contributed by atoms with Crippen LogP contribution in [0.1, 0.15) is 6.42 Å². The molecule has 0 aromatic rings. The van der Waals surface area contributed by atoms with E-state index < -0.39 is 50.9 Å². The van der Waals surface area contributed by atoms with E-state index in [-0.39, 0.29) is 0 Å². The van der Waals surface area contributed by atoms with E-state index in [1.54, 1.807) is 0 Å². The number of rotatable bonds is 5. The minimum Gasteiger partial charge on any atom is -0.477 e. The smallest absolute Gasteiger partial charge is 0.469 e. The number of methoxy groups -OCH3 is 1. The Kier molecular flexibility index (Phi) is 5.04. The molecule has 1 aliphatic heterocycles. The van der Waals surface area contributed by atoms with Crippen LogP contribution in [0.2, 0.25) is 0 Å². The van der Waals surface area contributed by atoms with Crippen LogP contribution in [0.25, 0.3) is 0 Å². The van der Waals surface area contributed by atoms with Crippen molar-refractivity contribution in [2.75, 3.05) is 13.7 Å². The van der Waals surface area contributed by atoms with Gasteiger partial charge < -0.3 is 34.6 Å². The molecule has 1 heterocycles. The largest absolute Gasteiger partial charge is 0.477 e. The van der Waals surface area contributed by atoms with Crippen molar-refractivity contribution in [3.05, 3.63) is 0 Å². The molecule has 0 aromatic carbocycles. The van der Waals surface area contributed by atoms with E-state index in [0.717, 1.165) is 7.11 Å². The van der Waals surface area contributed by atoms with Gasteiger partial charge in [0.05, 0.1) is 12.7 Å². The molecule has 11 heteroatoms. The lowest BCUT2D eigenvalue weighted by atomic mass is 9.95. The highest BCUT2D eigenvalue weighted by Gasteiger charge is 2.52. The van der Waals surface area contributed by atoms with Crippen molar-refractivity contribution in [3.63, 3.8) is 0 Å². The highest BCUT2D eigenvalue weighted by atomic mass is 31.2. The van der Waals surface area contributed by atoms with Crippen molar-refractivity contribution in [1.29, 1.82) is 0 Å². The van der Waals surface area contributed by atoms with E-state index in [1.807, 2.05) is 0 Å². The fourth-order valence-electron chi connectivity index (χ4n) is 1.67. The topological polar surface area (TPSA) is 163 Å². The van der Waals surface area contributed by atoms with Crippen LogP contribution >= 0.6 is 7.82 Å². The predicted octanol–water partition coefficient (Wildman–Crippen LogP) is -1.97. The second-order valence-electron chi connectivity index (χ2n) is 3.97. The Morgan fingerprint density at radius 3 is 2.47 bits per heavy atom. The Balaban J connectivity index is 2.84. The van der Waals surface area contributed by atoms with Crippen molar-refractivity contribution in [2.24, 2.45) is 0 Å². The number of carbonyl (C=O) groups is 1. The lowest BCUT2D eigenvalue weighted by Gasteiger charge is -2.41. The van der Waals surface area contributed by atoms with Crippen molar-refractivity contribution in [2.45, 2.75) is 30.5 Å². The van der Waals surface area contributed by atoms with Gasteiger partial charge in [0, 0.05) is 13.5 Å². The SMILES string of the molecule is COC1(C(=O)O)C[C@@H](O)[C@H](O)[C@@H](COP(=O)(O)O)O1. The summed E-state index contributed by atoms with van der Waals surface area (Å²) in [5.41, 5.74) is 0. The molecule has 1 unspecified atom stereocenters. The van der Waals surface area contributed by atoms with Gasteiger partial charge in [-0.1, -0.05) is 0 Å². The zero-order valence-corrected chi connectivity index (χ0v) is 10.8. The summed E-state index contributed by atoms with van der Waals surface area (Å²) in [7, 11) is -3.79. The molecule has 1 aliphatic rings. The quantitative estimate of drug-likeness (QED) is 0.360. The van der Waals surface area contributed by atoms with Crippen molar-refractivity contribution < 1.29 is 48.5 Å². The maximum atomic E-state index is 11.1. The number of phosphoric acid groups is 1. The Morgan fingerprint density at radius 2 is 2.05 bits per heavy atom. The summed E-state index contributed by atoms with van der Waals surface area (Å²) in [6.07, 6.45) is -5.07. The molecule has 10 nitrogen and oxygen atoms in total.